The summed E-state index contributed by atoms with van der Waals surface area (Å²) in [7, 11) is 1.76. The van der Waals surface area contributed by atoms with Gasteiger partial charge in [-0.3, -0.25) is 9.59 Å². The molecule has 4 nitrogen and oxygen atoms in total. The van der Waals surface area contributed by atoms with E-state index in [0.29, 0.717) is 23.6 Å². The lowest BCUT2D eigenvalue weighted by Gasteiger charge is -2.38. The van der Waals surface area contributed by atoms with E-state index in [-0.39, 0.29) is 23.8 Å². The van der Waals surface area contributed by atoms with Crippen molar-refractivity contribution < 1.29 is 9.59 Å². The number of carbonyl (C=O) groups excluding carboxylic acids is 2. The summed E-state index contributed by atoms with van der Waals surface area (Å²) < 4.78 is 0. The second-order valence-electron chi connectivity index (χ2n) is 6.00. The van der Waals surface area contributed by atoms with Gasteiger partial charge in [0, 0.05) is 24.2 Å². The Kier molecular flexibility index (Phi) is 4.86. The number of carbonyl (C=O) groups is 2. The molecule has 124 valence electrons. The predicted octanol–water partition coefficient (Wildman–Crippen LogP) is 3.89. The van der Waals surface area contributed by atoms with E-state index < -0.39 is 0 Å². The van der Waals surface area contributed by atoms with Crippen molar-refractivity contribution in [1.29, 1.82) is 0 Å². The maximum Gasteiger partial charge on any atom is 0.229 e. The average Bonchev–Trinajstić information content (AvgIpc) is 2.58. The lowest BCUT2D eigenvalue weighted by molar-refractivity contribution is -0.140. The molecule has 2 aromatic rings. The van der Waals surface area contributed by atoms with Gasteiger partial charge < -0.3 is 10.2 Å². The van der Waals surface area contributed by atoms with Crippen LogP contribution in [0.25, 0.3) is 0 Å². The van der Waals surface area contributed by atoms with Crippen molar-refractivity contribution in [3.63, 3.8) is 0 Å². The molecule has 3 rings (SSSR count). The Labute approximate surface area is 146 Å². The second kappa shape index (κ2) is 7.05. The summed E-state index contributed by atoms with van der Waals surface area (Å²) >= 11 is 5.98. The van der Waals surface area contributed by atoms with Crippen LogP contribution in [0.3, 0.4) is 0 Å². The van der Waals surface area contributed by atoms with Crippen molar-refractivity contribution in [3.05, 3.63) is 65.2 Å². The summed E-state index contributed by atoms with van der Waals surface area (Å²) in [5, 5.41) is 3.50. The lowest BCUT2D eigenvalue weighted by atomic mass is 9.84. The minimum atomic E-state index is -0.297. The number of likely N-dealkylation sites (tertiary alicyclic amines) is 1. The molecule has 24 heavy (non-hydrogen) atoms. The van der Waals surface area contributed by atoms with Gasteiger partial charge in [-0.2, -0.15) is 0 Å². The van der Waals surface area contributed by atoms with E-state index in [2.05, 4.69) is 5.32 Å². The Morgan fingerprint density at radius 2 is 1.92 bits per heavy atom. The summed E-state index contributed by atoms with van der Waals surface area (Å²) in [6, 6.07) is 16.5. The number of halogens is 1. The fraction of sp³-hybridized carbons (Fsp3) is 0.263. The van der Waals surface area contributed by atoms with Gasteiger partial charge in [-0.1, -0.05) is 48.0 Å². The molecule has 0 spiro atoms. The van der Waals surface area contributed by atoms with Gasteiger partial charge in [0.1, 0.15) is 0 Å². The summed E-state index contributed by atoms with van der Waals surface area (Å²) in [4.78, 5) is 26.6. The van der Waals surface area contributed by atoms with Crippen LogP contribution >= 0.6 is 11.6 Å². The Balaban J connectivity index is 1.86. The van der Waals surface area contributed by atoms with Gasteiger partial charge in [0.05, 0.1) is 12.0 Å². The third-order valence-electron chi connectivity index (χ3n) is 4.43. The normalized spacial score (nSPS) is 20.8. The van der Waals surface area contributed by atoms with Gasteiger partial charge in [-0.05, 0) is 30.2 Å². The zero-order valence-electron chi connectivity index (χ0n) is 13.4. The number of rotatable bonds is 3. The van der Waals surface area contributed by atoms with Gasteiger partial charge >= 0.3 is 0 Å². The van der Waals surface area contributed by atoms with E-state index in [0.717, 1.165) is 5.56 Å². The molecule has 1 aliphatic heterocycles. The standard InChI is InChI=1S/C19H19ClN2O2/c1-22-17(23)11-10-16(18(22)13-6-3-2-4-7-13)19(24)21-15-9-5-8-14(20)12-15/h2-9,12,16,18H,10-11H2,1H3,(H,21,24)/t16-,18+/m1/s1. The number of piperidine rings is 1. The molecule has 2 amide bonds. The molecule has 0 saturated carbocycles. The van der Waals surface area contributed by atoms with Crippen LogP contribution in [0.1, 0.15) is 24.4 Å². The molecule has 0 unspecified atom stereocenters. The lowest BCUT2D eigenvalue weighted by Crippen LogP contribution is -2.44. The van der Waals surface area contributed by atoms with Crippen molar-refractivity contribution in [3.8, 4) is 0 Å². The number of benzene rings is 2. The fourth-order valence-corrected chi connectivity index (χ4v) is 3.41. The average molecular weight is 343 g/mol. The molecule has 1 fully saturated rings. The molecule has 0 aromatic heterocycles. The SMILES string of the molecule is CN1C(=O)CC[C@@H](C(=O)Nc2cccc(Cl)c2)[C@@H]1c1ccccc1. The van der Waals surface area contributed by atoms with Crippen LogP contribution in [0.4, 0.5) is 5.69 Å². The molecule has 1 saturated heterocycles. The number of amides is 2. The maximum absolute atomic E-state index is 12.8. The van der Waals surface area contributed by atoms with Gasteiger partial charge in [-0.25, -0.2) is 0 Å². The first-order valence-corrected chi connectivity index (χ1v) is 8.31. The fourth-order valence-electron chi connectivity index (χ4n) is 3.22. The van der Waals surface area contributed by atoms with Crippen molar-refractivity contribution >= 4 is 29.1 Å². The van der Waals surface area contributed by atoms with Crippen molar-refractivity contribution in [2.75, 3.05) is 12.4 Å². The van der Waals surface area contributed by atoms with Crippen molar-refractivity contribution in [2.45, 2.75) is 18.9 Å². The highest BCUT2D eigenvalue weighted by Gasteiger charge is 2.38. The van der Waals surface area contributed by atoms with Gasteiger partial charge in [-0.15, -0.1) is 0 Å². The second-order valence-corrected chi connectivity index (χ2v) is 6.44. The third-order valence-corrected chi connectivity index (χ3v) is 4.67. The number of anilines is 1. The molecule has 0 radical (unpaired) electrons. The van der Waals surface area contributed by atoms with Crippen LogP contribution in [0.2, 0.25) is 5.02 Å². The van der Waals surface area contributed by atoms with E-state index in [1.807, 2.05) is 30.3 Å². The van der Waals surface area contributed by atoms with Crippen LogP contribution in [-0.2, 0) is 9.59 Å². The molecule has 2 atom stereocenters. The van der Waals surface area contributed by atoms with E-state index in [1.54, 1.807) is 36.2 Å². The number of hydrogen-bond acceptors (Lipinski definition) is 2. The molecular weight excluding hydrogens is 324 g/mol. The smallest absolute Gasteiger partial charge is 0.229 e. The van der Waals surface area contributed by atoms with E-state index in [4.69, 9.17) is 11.6 Å². The van der Waals surface area contributed by atoms with Crippen molar-refractivity contribution in [1.82, 2.24) is 4.90 Å². The molecule has 1 heterocycles. The van der Waals surface area contributed by atoms with Gasteiger partial charge in [0.25, 0.3) is 0 Å². The highest BCUT2D eigenvalue weighted by molar-refractivity contribution is 6.30. The van der Waals surface area contributed by atoms with Crippen molar-refractivity contribution in [2.24, 2.45) is 5.92 Å². The highest BCUT2D eigenvalue weighted by Crippen LogP contribution is 2.36. The van der Waals surface area contributed by atoms with Gasteiger partial charge in [0.2, 0.25) is 11.8 Å². The first-order valence-electron chi connectivity index (χ1n) is 7.93. The summed E-state index contributed by atoms with van der Waals surface area (Å²) in [5.74, 6) is -0.324. The first kappa shape index (κ1) is 16.5. The van der Waals surface area contributed by atoms with Crippen LogP contribution in [0.5, 0.6) is 0 Å². The molecule has 0 bridgehead atoms. The van der Waals surface area contributed by atoms with Crippen LogP contribution in [0, 0.1) is 5.92 Å². The molecule has 1 N–H and O–H groups in total. The number of nitrogens with one attached hydrogen (secondary N) is 1. The van der Waals surface area contributed by atoms with Crippen LogP contribution in [0.15, 0.2) is 54.6 Å². The molecule has 0 aliphatic carbocycles. The number of hydrogen-bond donors (Lipinski definition) is 1. The molecule has 5 heteroatoms. The topological polar surface area (TPSA) is 49.4 Å². The Bertz CT molecular complexity index is 748. The Morgan fingerprint density at radius 1 is 1.17 bits per heavy atom. The molecule has 2 aromatic carbocycles. The zero-order valence-corrected chi connectivity index (χ0v) is 14.2. The maximum atomic E-state index is 12.8. The van der Waals surface area contributed by atoms with Crippen LogP contribution in [-0.4, -0.2) is 23.8 Å². The summed E-state index contributed by atoms with van der Waals surface area (Å²) in [5.41, 5.74) is 1.64. The summed E-state index contributed by atoms with van der Waals surface area (Å²) in [6.45, 7) is 0. The Morgan fingerprint density at radius 3 is 2.62 bits per heavy atom. The monoisotopic (exact) mass is 342 g/mol. The van der Waals surface area contributed by atoms with E-state index >= 15 is 0 Å². The molecular formula is C19H19ClN2O2. The Hall–Kier alpha value is -2.33. The van der Waals surface area contributed by atoms with Crippen LogP contribution < -0.4 is 5.32 Å². The largest absolute Gasteiger partial charge is 0.338 e. The number of nitrogens with zero attached hydrogens (tertiary/aromatic N) is 1. The first-order chi connectivity index (χ1) is 11.6. The minimum absolute atomic E-state index is 0.0654. The highest BCUT2D eigenvalue weighted by atomic mass is 35.5. The van der Waals surface area contributed by atoms with E-state index in [1.165, 1.54) is 0 Å². The zero-order chi connectivity index (χ0) is 17.1. The predicted molar refractivity (Wildman–Crippen MR) is 94.8 cm³/mol. The van der Waals surface area contributed by atoms with Gasteiger partial charge in [0.15, 0.2) is 0 Å². The summed E-state index contributed by atoms with van der Waals surface area (Å²) in [6.07, 6.45) is 0.919. The quantitative estimate of drug-likeness (QED) is 0.920. The minimum Gasteiger partial charge on any atom is -0.338 e. The third kappa shape index (κ3) is 3.44. The van der Waals surface area contributed by atoms with E-state index in [9.17, 15) is 9.59 Å². The molecule has 1 aliphatic rings.